The number of halogens is 1. The van der Waals surface area contributed by atoms with Gasteiger partial charge in [0.1, 0.15) is 17.2 Å². The third kappa shape index (κ3) is 5.86. The fourth-order valence-electron chi connectivity index (χ4n) is 2.20. The summed E-state index contributed by atoms with van der Waals surface area (Å²) in [6, 6.07) is 4.94. The fourth-order valence-corrected chi connectivity index (χ4v) is 3.63. The molecule has 27 heavy (non-hydrogen) atoms. The minimum Gasteiger partial charge on any atom is -0.410 e. The normalized spacial score (nSPS) is 14.6. The number of carbonyl (C=O) groups is 1. The maximum Gasteiger partial charge on any atom is 0.413 e. The number of amides is 1. The first-order chi connectivity index (χ1) is 12.4. The van der Waals surface area contributed by atoms with Crippen LogP contribution in [0.2, 0.25) is 0 Å². The van der Waals surface area contributed by atoms with Crippen LogP contribution in [0.5, 0.6) is 5.75 Å². The van der Waals surface area contributed by atoms with E-state index in [4.69, 9.17) is 16.3 Å². The van der Waals surface area contributed by atoms with E-state index in [1.54, 1.807) is 32.3 Å². The lowest BCUT2D eigenvalue weighted by Crippen LogP contribution is -2.42. The SMILES string of the molecule is CN(C)/C=N/S(=O)(=O)N1Cc2cc(OC(=O)NC(C)(C)C)ccc2C=C1Cl. The van der Waals surface area contributed by atoms with Gasteiger partial charge in [-0.1, -0.05) is 17.7 Å². The molecule has 1 aliphatic rings. The van der Waals surface area contributed by atoms with E-state index in [2.05, 4.69) is 9.71 Å². The van der Waals surface area contributed by atoms with Crippen molar-refractivity contribution in [2.24, 2.45) is 4.40 Å². The monoisotopic (exact) mass is 414 g/mol. The first kappa shape index (κ1) is 21.0. The van der Waals surface area contributed by atoms with Gasteiger partial charge in [-0.15, -0.1) is 4.40 Å². The highest BCUT2D eigenvalue weighted by molar-refractivity contribution is 7.88. The molecule has 0 unspecified atom stereocenters. The molecular formula is C17H23ClN4O4S. The zero-order valence-electron chi connectivity index (χ0n) is 15.9. The van der Waals surface area contributed by atoms with Crippen molar-refractivity contribution >= 4 is 40.3 Å². The topological polar surface area (TPSA) is 91.3 Å². The van der Waals surface area contributed by atoms with Crippen molar-refractivity contribution in [1.82, 2.24) is 14.5 Å². The summed E-state index contributed by atoms with van der Waals surface area (Å²) in [5.41, 5.74) is 0.951. The molecule has 0 bridgehead atoms. The molecule has 10 heteroatoms. The largest absolute Gasteiger partial charge is 0.413 e. The summed E-state index contributed by atoms with van der Waals surface area (Å²) in [5.74, 6) is 0.302. The van der Waals surface area contributed by atoms with E-state index in [0.717, 1.165) is 9.87 Å². The van der Waals surface area contributed by atoms with Gasteiger partial charge in [-0.25, -0.2) is 9.10 Å². The Morgan fingerprint density at radius 3 is 2.63 bits per heavy atom. The highest BCUT2D eigenvalue weighted by Crippen LogP contribution is 2.32. The molecule has 148 valence electrons. The van der Waals surface area contributed by atoms with Gasteiger partial charge in [0.25, 0.3) is 0 Å². The molecule has 1 aromatic rings. The molecule has 0 saturated carbocycles. The molecule has 0 saturated heterocycles. The van der Waals surface area contributed by atoms with Gasteiger partial charge in [0, 0.05) is 19.6 Å². The molecule has 2 rings (SSSR count). The number of nitrogens with one attached hydrogen (secondary N) is 1. The Morgan fingerprint density at radius 2 is 2.04 bits per heavy atom. The van der Waals surface area contributed by atoms with E-state index < -0.39 is 21.8 Å². The van der Waals surface area contributed by atoms with E-state index in [9.17, 15) is 13.2 Å². The molecule has 8 nitrogen and oxygen atoms in total. The van der Waals surface area contributed by atoms with Crippen molar-refractivity contribution in [2.45, 2.75) is 32.9 Å². The van der Waals surface area contributed by atoms with Crippen LogP contribution in [0.3, 0.4) is 0 Å². The van der Waals surface area contributed by atoms with Crippen molar-refractivity contribution in [3.8, 4) is 5.75 Å². The van der Waals surface area contributed by atoms with Crippen molar-refractivity contribution in [3.05, 3.63) is 34.5 Å². The smallest absolute Gasteiger partial charge is 0.410 e. The van der Waals surface area contributed by atoms with Crippen LogP contribution >= 0.6 is 11.6 Å². The zero-order valence-corrected chi connectivity index (χ0v) is 17.4. The maximum atomic E-state index is 12.4. The van der Waals surface area contributed by atoms with Gasteiger partial charge in [0.2, 0.25) is 0 Å². The average Bonchev–Trinajstić information content (AvgIpc) is 2.50. The number of rotatable bonds is 4. The Kier molecular flexibility index (Phi) is 6.06. The number of fused-ring (bicyclic) bond motifs is 1. The molecule has 1 amide bonds. The predicted molar refractivity (Wildman–Crippen MR) is 106 cm³/mol. The van der Waals surface area contributed by atoms with Gasteiger partial charge in [0.05, 0.1) is 6.54 Å². The van der Waals surface area contributed by atoms with E-state index in [-0.39, 0.29) is 11.7 Å². The number of ether oxygens (including phenoxy) is 1. The molecule has 1 aromatic carbocycles. The summed E-state index contributed by atoms with van der Waals surface area (Å²) in [5, 5.41) is 2.73. The average molecular weight is 415 g/mol. The lowest BCUT2D eigenvalue weighted by Gasteiger charge is -2.26. The van der Waals surface area contributed by atoms with E-state index in [1.807, 2.05) is 20.8 Å². The van der Waals surface area contributed by atoms with E-state index >= 15 is 0 Å². The van der Waals surface area contributed by atoms with Crippen LogP contribution in [0.15, 0.2) is 27.8 Å². The zero-order chi connectivity index (χ0) is 20.4. The summed E-state index contributed by atoms with van der Waals surface area (Å²) < 4.78 is 34.7. The number of hydrogen-bond acceptors (Lipinski definition) is 4. The summed E-state index contributed by atoms with van der Waals surface area (Å²) >= 11 is 6.13. The third-order valence-electron chi connectivity index (χ3n) is 3.32. The predicted octanol–water partition coefficient (Wildman–Crippen LogP) is 2.76. The summed E-state index contributed by atoms with van der Waals surface area (Å²) in [6.07, 6.45) is 2.12. The van der Waals surface area contributed by atoms with Crippen molar-refractivity contribution in [1.29, 1.82) is 0 Å². The van der Waals surface area contributed by atoms with Crippen LogP contribution in [0.25, 0.3) is 6.08 Å². The van der Waals surface area contributed by atoms with Gasteiger partial charge < -0.3 is 15.0 Å². The van der Waals surface area contributed by atoms with Crippen molar-refractivity contribution in [2.75, 3.05) is 14.1 Å². The van der Waals surface area contributed by atoms with Crippen molar-refractivity contribution < 1.29 is 17.9 Å². The number of benzene rings is 1. The fraction of sp³-hybridized carbons (Fsp3) is 0.412. The second kappa shape index (κ2) is 7.77. The minimum absolute atomic E-state index is 0.0180. The second-order valence-corrected chi connectivity index (χ2v) is 9.20. The molecule has 0 aliphatic carbocycles. The molecule has 1 aliphatic heterocycles. The van der Waals surface area contributed by atoms with Gasteiger partial charge in [-0.2, -0.15) is 8.42 Å². The van der Waals surface area contributed by atoms with Crippen LogP contribution in [0.4, 0.5) is 4.79 Å². The summed E-state index contributed by atoms with van der Waals surface area (Å²) in [7, 11) is -0.668. The molecule has 1 heterocycles. The van der Waals surface area contributed by atoms with Crippen LogP contribution in [-0.4, -0.2) is 49.7 Å². The lowest BCUT2D eigenvalue weighted by atomic mass is 10.0. The highest BCUT2D eigenvalue weighted by atomic mass is 35.5. The van der Waals surface area contributed by atoms with Crippen LogP contribution in [0.1, 0.15) is 31.9 Å². The Bertz CT molecular complexity index is 889. The number of nitrogens with zero attached hydrogens (tertiary/aromatic N) is 3. The maximum absolute atomic E-state index is 12.4. The molecule has 0 atom stereocenters. The van der Waals surface area contributed by atoms with Crippen LogP contribution in [-0.2, 0) is 16.8 Å². The molecule has 0 fully saturated rings. The molecule has 0 spiro atoms. The Morgan fingerprint density at radius 1 is 1.37 bits per heavy atom. The molecule has 0 aromatic heterocycles. The Balaban J connectivity index is 2.24. The molecule has 1 N–H and O–H groups in total. The Labute approximate surface area is 164 Å². The lowest BCUT2D eigenvalue weighted by molar-refractivity contribution is 0.190. The van der Waals surface area contributed by atoms with Gasteiger partial charge >= 0.3 is 16.3 Å². The highest BCUT2D eigenvalue weighted by Gasteiger charge is 2.27. The van der Waals surface area contributed by atoms with E-state index in [0.29, 0.717) is 11.3 Å². The summed E-state index contributed by atoms with van der Waals surface area (Å²) in [4.78, 5) is 13.4. The summed E-state index contributed by atoms with van der Waals surface area (Å²) in [6.45, 7) is 5.50. The van der Waals surface area contributed by atoms with Crippen molar-refractivity contribution in [3.63, 3.8) is 0 Å². The molecular weight excluding hydrogens is 392 g/mol. The Hall–Kier alpha value is -2.26. The molecule has 0 radical (unpaired) electrons. The number of carbonyl (C=O) groups excluding carboxylic acids is 1. The quantitative estimate of drug-likeness (QED) is 0.464. The van der Waals surface area contributed by atoms with Gasteiger partial charge in [-0.3, -0.25) is 0 Å². The third-order valence-corrected chi connectivity index (χ3v) is 4.98. The first-order valence-corrected chi connectivity index (χ1v) is 9.89. The second-order valence-electron chi connectivity index (χ2n) is 7.26. The number of hydrogen-bond donors (Lipinski definition) is 1. The van der Waals surface area contributed by atoms with Crippen LogP contribution < -0.4 is 10.1 Å². The van der Waals surface area contributed by atoms with E-state index in [1.165, 1.54) is 17.3 Å². The van der Waals surface area contributed by atoms with Gasteiger partial charge in [-0.05, 0) is 50.1 Å². The van der Waals surface area contributed by atoms with Gasteiger partial charge in [0.15, 0.2) is 0 Å². The van der Waals surface area contributed by atoms with Crippen LogP contribution in [0, 0.1) is 0 Å². The first-order valence-electron chi connectivity index (χ1n) is 8.12. The minimum atomic E-state index is -3.99. The standard InChI is InChI=1S/C17H23ClN4O4S/c1-17(2,3)20-16(23)26-14-7-6-12-9-15(18)22(10-13(12)8-14)27(24,25)19-11-21(4)5/h6-9,11H,10H2,1-5H3,(H,20,23)/b19-11+.